The fourth-order valence-electron chi connectivity index (χ4n) is 1.61. The molecule has 2 atom stereocenters. The van der Waals surface area contributed by atoms with Gasteiger partial charge >= 0.3 is 0 Å². The van der Waals surface area contributed by atoms with Crippen LogP contribution in [0, 0.1) is 0 Å². The van der Waals surface area contributed by atoms with Gasteiger partial charge in [0.2, 0.25) is 5.91 Å². The summed E-state index contributed by atoms with van der Waals surface area (Å²) in [6.07, 6.45) is 1.09. The van der Waals surface area contributed by atoms with Gasteiger partial charge in [0.25, 0.3) is 0 Å². The zero-order chi connectivity index (χ0) is 13.7. The molecule has 0 radical (unpaired) electrons. The average molecular weight is 326 g/mol. The summed E-state index contributed by atoms with van der Waals surface area (Å²) in [5, 5.41) is 3.86. The number of hydrogen-bond acceptors (Lipinski definition) is 2. The molecule has 0 aliphatic heterocycles. The van der Waals surface area contributed by atoms with Gasteiger partial charge in [0.15, 0.2) is 0 Å². The Kier molecular flexibility index (Phi) is 8.42. The number of nitrogens with one attached hydrogen (secondary N) is 1. The summed E-state index contributed by atoms with van der Waals surface area (Å²) in [5.74, 6) is -0.0316. The first-order valence-corrected chi connectivity index (χ1v) is 6.66. The molecule has 0 saturated heterocycles. The van der Waals surface area contributed by atoms with Crippen LogP contribution in [0.3, 0.4) is 0 Å². The summed E-state index contributed by atoms with van der Waals surface area (Å²) < 4.78 is 0. The standard InChI is InChI=1S/C13H18Cl2N2O.ClH/c1-8(16)6-7-12(18)17-9(2)10-4-3-5-11(14)13(10)15;/h3-5,8-9H,6-7,16H2,1-2H3,(H,17,18);1H. The largest absolute Gasteiger partial charge is 0.350 e. The van der Waals surface area contributed by atoms with Crippen LogP contribution in [0.1, 0.15) is 38.3 Å². The minimum absolute atomic E-state index is 0. The predicted octanol–water partition coefficient (Wildman–Crippen LogP) is 3.72. The van der Waals surface area contributed by atoms with Gasteiger partial charge in [-0.2, -0.15) is 0 Å². The van der Waals surface area contributed by atoms with Gasteiger partial charge in [0.1, 0.15) is 0 Å². The van der Waals surface area contributed by atoms with Crippen molar-refractivity contribution >= 4 is 41.5 Å². The number of carbonyl (C=O) groups excluding carboxylic acids is 1. The molecule has 0 spiro atoms. The SMILES string of the molecule is CC(N)CCC(=O)NC(C)c1cccc(Cl)c1Cl.Cl. The second-order valence-electron chi connectivity index (χ2n) is 4.45. The monoisotopic (exact) mass is 324 g/mol. The second-order valence-corrected chi connectivity index (χ2v) is 5.23. The molecule has 1 aromatic carbocycles. The van der Waals surface area contributed by atoms with Crippen LogP contribution in [-0.2, 0) is 4.79 Å². The molecule has 1 amide bonds. The molecule has 19 heavy (non-hydrogen) atoms. The molecule has 0 aliphatic carbocycles. The Morgan fingerprint density at radius 2 is 2.00 bits per heavy atom. The van der Waals surface area contributed by atoms with Crippen molar-refractivity contribution in [3.63, 3.8) is 0 Å². The normalized spacial score (nSPS) is 13.3. The summed E-state index contributed by atoms with van der Waals surface area (Å²) in [5.41, 5.74) is 6.43. The van der Waals surface area contributed by atoms with Crippen LogP contribution in [0.4, 0.5) is 0 Å². The Morgan fingerprint density at radius 1 is 1.37 bits per heavy atom. The molecule has 3 nitrogen and oxygen atoms in total. The second kappa shape index (κ2) is 8.64. The summed E-state index contributed by atoms with van der Waals surface area (Å²) in [6.45, 7) is 3.76. The van der Waals surface area contributed by atoms with Crippen LogP contribution >= 0.6 is 35.6 Å². The number of halogens is 3. The van der Waals surface area contributed by atoms with E-state index < -0.39 is 0 Å². The smallest absolute Gasteiger partial charge is 0.220 e. The van der Waals surface area contributed by atoms with Crippen molar-refractivity contribution in [3.05, 3.63) is 33.8 Å². The van der Waals surface area contributed by atoms with Crippen molar-refractivity contribution in [1.29, 1.82) is 0 Å². The highest BCUT2D eigenvalue weighted by molar-refractivity contribution is 6.42. The Bertz CT molecular complexity index is 424. The lowest BCUT2D eigenvalue weighted by molar-refractivity contribution is -0.121. The highest BCUT2D eigenvalue weighted by Crippen LogP contribution is 2.29. The Morgan fingerprint density at radius 3 is 2.58 bits per heavy atom. The molecular weight excluding hydrogens is 307 g/mol. The molecule has 108 valence electrons. The first-order chi connectivity index (χ1) is 8.41. The highest BCUT2D eigenvalue weighted by Gasteiger charge is 2.14. The Hall–Kier alpha value is -0.480. The summed E-state index contributed by atoms with van der Waals surface area (Å²) in [7, 11) is 0. The van der Waals surface area contributed by atoms with E-state index in [0.717, 1.165) is 5.56 Å². The third kappa shape index (κ3) is 6.00. The molecule has 0 saturated carbocycles. The fraction of sp³-hybridized carbons (Fsp3) is 0.462. The zero-order valence-corrected chi connectivity index (χ0v) is 13.3. The molecule has 2 unspecified atom stereocenters. The van der Waals surface area contributed by atoms with E-state index in [0.29, 0.717) is 22.9 Å². The van der Waals surface area contributed by atoms with Crippen molar-refractivity contribution in [1.82, 2.24) is 5.32 Å². The highest BCUT2D eigenvalue weighted by atomic mass is 35.5. The zero-order valence-electron chi connectivity index (χ0n) is 11.0. The van der Waals surface area contributed by atoms with Crippen molar-refractivity contribution in [3.8, 4) is 0 Å². The minimum Gasteiger partial charge on any atom is -0.350 e. The molecule has 0 aromatic heterocycles. The van der Waals surface area contributed by atoms with Gasteiger partial charge < -0.3 is 11.1 Å². The molecule has 1 rings (SSSR count). The van der Waals surface area contributed by atoms with Gasteiger partial charge in [0, 0.05) is 12.5 Å². The predicted molar refractivity (Wildman–Crippen MR) is 83.2 cm³/mol. The first kappa shape index (κ1) is 18.5. The van der Waals surface area contributed by atoms with Crippen LogP contribution in [-0.4, -0.2) is 11.9 Å². The fourth-order valence-corrected chi connectivity index (χ4v) is 2.08. The van der Waals surface area contributed by atoms with E-state index >= 15 is 0 Å². The summed E-state index contributed by atoms with van der Waals surface area (Å²) in [4.78, 5) is 11.7. The molecule has 0 heterocycles. The summed E-state index contributed by atoms with van der Waals surface area (Å²) in [6, 6.07) is 5.24. The number of carbonyl (C=O) groups is 1. The van der Waals surface area contributed by atoms with Gasteiger partial charge in [-0.1, -0.05) is 35.3 Å². The van der Waals surface area contributed by atoms with E-state index in [9.17, 15) is 4.79 Å². The van der Waals surface area contributed by atoms with Gasteiger partial charge in [0.05, 0.1) is 16.1 Å². The van der Waals surface area contributed by atoms with E-state index in [1.165, 1.54) is 0 Å². The number of hydrogen-bond donors (Lipinski definition) is 2. The minimum atomic E-state index is -0.170. The molecule has 0 aliphatic rings. The van der Waals surface area contributed by atoms with Gasteiger partial charge in [-0.25, -0.2) is 0 Å². The van der Waals surface area contributed by atoms with Crippen molar-refractivity contribution in [2.75, 3.05) is 0 Å². The van der Waals surface area contributed by atoms with E-state index in [2.05, 4.69) is 5.32 Å². The van der Waals surface area contributed by atoms with E-state index in [1.807, 2.05) is 26.0 Å². The topological polar surface area (TPSA) is 55.1 Å². The first-order valence-electron chi connectivity index (χ1n) is 5.90. The van der Waals surface area contributed by atoms with Crippen molar-refractivity contribution in [2.45, 2.75) is 38.8 Å². The van der Waals surface area contributed by atoms with Crippen LogP contribution in [0.25, 0.3) is 0 Å². The number of rotatable bonds is 5. The lowest BCUT2D eigenvalue weighted by atomic mass is 10.1. The van der Waals surface area contributed by atoms with Crippen LogP contribution in [0.5, 0.6) is 0 Å². The van der Waals surface area contributed by atoms with E-state index in [4.69, 9.17) is 28.9 Å². The maximum atomic E-state index is 11.7. The van der Waals surface area contributed by atoms with Crippen LogP contribution in [0.15, 0.2) is 18.2 Å². The molecule has 0 bridgehead atoms. The van der Waals surface area contributed by atoms with Crippen LogP contribution < -0.4 is 11.1 Å². The molecular formula is C13H19Cl3N2O. The Labute approximate surface area is 130 Å². The van der Waals surface area contributed by atoms with E-state index in [1.54, 1.807) is 6.07 Å². The maximum Gasteiger partial charge on any atom is 0.220 e. The molecule has 0 fully saturated rings. The van der Waals surface area contributed by atoms with E-state index in [-0.39, 0.29) is 30.4 Å². The number of nitrogens with two attached hydrogens (primary N) is 1. The lowest BCUT2D eigenvalue weighted by Gasteiger charge is -2.16. The maximum absolute atomic E-state index is 11.7. The average Bonchev–Trinajstić information content (AvgIpc) is 2.30. The third-order valence-corrected chi connectivity index (χ3v) is 3.49. The van der Waals surface area contributed by atoms with Crippen molar-refractivity contribution < 1.29 is 4.79 Å². The van der Waals surface area contributed by atoms with Gasteiger partial charge in [-0.15, -0.1) is 12.4 Å². The molecule has 6 heteroatoms. The van der Waals surface area contributed by atoms with Gasteiger partial charge in [-0.05, 0) is 31.9 Å². The number of amides is 1. The summed E-state index contributed by atoms with van der Waals surface area (Å²) >= 11 is 12.0. The van der Waals surface area contributed by atoms with Gasteiger partial charge in [-0.3, -0.25) is 4.79 Å². The quantitative estimate of drug-likeness (QED) is 0.867. The van der Waals surface area contributed by atoms with Crippen molar-refractivity contribution in [2.24, 2.45) is 5.73 Å². The third-order valence-electron chi connectivity index (χ3n) is 2.65. The lowest BCUT2D eigenvalue weighted by Crippen LogP contribution is -2.28. The Balaban J connectivity index is 0.00000324. The molecule has 3 N–H and O–H groups in total. The molecule has 1 aromatic rings. The number of benzene rings is 1. The van der Waals surface area contributed by atoms with Crippen LogP contribution in [0.2, 0.25) is 10.0 Å².